The summed E-state index contributed by atoms with van der Waals surface area (Å²) in [5, 5.41) is 8.40. The Balaban J connectivity index is 3.93. The molecule has 2 nitrogen and oxygen atoms in total. The Morgan fingerprint density at radius 1 is 1.70 bits per heavy atom. The summed E-state index contributed by atoms with van der Waals surface area (Å²) >= 11 is 0. The van der Waals surface area contributed by atoms with E-state index in [4.69, 9.17) is 5.11 Å². The van der Waals surface area contributed by atoms with Crippen LogP contribution in [0.4, 0.5) is 0 Å². The van der Waals surface area contributed by atoms with E-state index < -0.39 is 5.97 Å². The van der Waals surface area contributed by atoms with Crippen molar-refractivity contribution in [2.75, 3.05) is 0 Å². The highest BCUT2D eigenvalue weighted by Crippen LogP contribution is 2.07. The third-order valence-electron chi connectivity index (χ3n) is 1.29. The van der Waals surface area contributed by atoms with Gasteiger partial charge in [0, 0.05) is 5.57 Å². The van der Waals surface area contributed by atoms with Gasteiger partial charge in [0.2, 0.25) is 0 Å². The van der Waals surface area contributed by atoms with Crippen molar-refractivity contribution in [1.29, 1.82) is 0 Å². The quantitative estimate of drug-likeness (QED) is 0.480. The standard InChI is InChI=1S/C8H12O2/c1-4-6(2)5-7(3)8(9)10/h4H,3,5H2,1-2H3,(H,9,10)/b6-4+. The second kappa shape index (κ2) is 3.88. The van der Waals surface area contributed by atoms with Gasteiger partial charge in [-0.3, -0.25) is 0 Å². The van der Waals surface area contributed by atoms with Crippen LogP contribution in [-0.2, 0) is 4.79 Å². The number of hydrogen-bond donors (Lipinski definition) is 1. The zero-order chi connectivity index (χ0) is 8.15. The van der Waals surface area contributed by atoms with Gasteiger partial charge in [0.15, 0.2) is 0 Å². The molecule has 0 aliphatic heterocycles. The van der Waals surface area contributed by atoms with Crippen molar-refractivity contribution < 1.29 is 9.90 Å². The zero-order valence-corrected chi connectivity index (χ0v) is 6.35. The minimum Gasteiger partial charge on any atom is -0.478 e. The molecule has 0 radical (unpaired) electrons. The van der Waals surface area contributed by atoms with Gasteiger partial charge in [0.05, 0.1) is 0 Å². The number of carboxylic acid groups (broad SMARTS) is 1. The van der Waals surface area contributed by atoms with Gasteiger partial charge in [-0.1, -0.05) is 18.2 Å². The highest BCUT2D eigenvalue weighted by molar-refractivity contribution is 5.86. The lowest BCUT2D eigenvalue weighted by atomic mass is 10.1. The highest BCUT2D eigenvalue weighted by atomic mass is 16.4. The summed E-state index contributed by atoms with van der Waals surface area (Å²) in [6, 6.07) is 0. The third-order valence-corrected chi connectivity index (χ3v) is 1.29. The molecule has 0 rings (SSSR count). The van der Waals surface area contributed by atoms with Crippen LogP contribution in [0.5, 0.6) is 0 Å². The first-order valence-electron chi connectivity index (χ1n) is 3.10. The van der Waals surface area contributed by atoms with E-state index in [2.05, 4.69) is 6.58 Å². The van der Waals surface area contributed by atoms with Gasteiger partial charge in [0.25, 0.3) is 0 Å². The van der Waals surface area contributed by atoms with Crippen LogP contribution < -0.4 is 0 Å². The number of carbonyl (C=O) groups is 1. The van der Waals surface area contributed by atoms with Crippen molar-refractivity contribution in [3.05, 3.63) is 23.8 Å². The van der Waals surface area contributed by atoms with Gasteiger partial charge >= 0.3 is 5.97 Å². The Morgan fingerprint density at radius 3 is 2.50 bits per heavy atom. The van der Waals surface area contributed by atoms with Gasteiger partial charge < -0.3 is 5.11 Å². The molecule has 56 valence electrons. The predicted molar refractivity (Wildman–Crippen MR) is 40.8 cm³/mol. The molecular weight excluding hydrogens is 128 g/mol. The molecule has 1 N–H and O–H groups in total. The fourth-order valence-electron chi connectivity index (χ4n) is 0.514. The largest absolute Gasteiger partial charge is 0.478 e. The molecule has 0 heterocycles. The molecule has 0 unspecified atom stereocenters. The lowest BCUT2D eigenvalue weighted by Crippen LogP contribution is -1.98. The summed E-state index contributed by atoms with van der Waals surface area (Å²) < 4.78 is 0. The fraction of sp³-hybridized carbons (Fsp3) is 0.375. The maximum atomic E-state index is 10.2. The summed E-state index contributed by atoms with van der Waals surface area (Å²) in [4.78, 5) is 10.2. The van der Waals surface area contributed by atoms with E-state index in [0.717, 1.165) is 5.57 Å². The number of hydrogen-bond acceptors (Lipinski definition) is 1. The van der Waals surface area contributed by atoms with E-state index in [9.17, 15) is 4.79 Å². The summed E-state index contributed by atoms with van der Waals surface area (Å²) in [5.41, 5.74) is 1.28. The van der Waals surface area contributed by atoms with Gasteiger partial charge in [-0.05, 0) is 20.3 Å². The smallest absolute Gasteiger partial charge is 0.331 e. The number of rotatable bonds is 3. The molecule has 2 heteroatoms. The molecule has 0 fully saturated rings. The van der Waals surface area contributed by atoms with Crippen molar-refractivity contribution in [2.24, 2.45) is 0 Å². The van der Waals surface area contributed by atoms with Gasteiger partial charge in [-0.2, -0.15) is 0 Å². The molecule has 0 saturated carbocycles. The van der Waals surface area contributed by atoms with Crippen LogP contribution in [0.15, 0.2) is 23.8 Å². The van der Waals surface area contributed by atoms with Crippen LogP contribution in [0, 0.1) is 0 Å². The summed E-state index contributed by atoms with van der Waals surface area (Å²) in [6.07, 6.45) is 2.35. The van der Waals surface area contributed by atoms with E-state index in [1.54, 1.807) is 0 Å². The molecular formula is C8H12O2. The van der Waals surface area contributed by atoms with Crippen molar-refractivity contribution in [3.8, 4) is 0 Å². The third kappa shape index (κ3) is 3.07. The fourth-order valence-corrected chi connectivity index (χ4v) is 0.514. The SMILES string of the molecule is C=C(C/C(C)=C/C)C(=O)O. The molecule has 0 aromatic rings. The van der Waals surface area contributed by atoms with Gasteiger partial charge in [0.1, 0.15) is 0 Å². The molecule has 0 atom stereocenters. The van der Waals surface area contributed by atoms with Crippen LogP contribution in [-0.4, -0.2) is 11.1 Å². The van der Waals surface area contributed by atoms with E-state index in [1.807, 2.05) is 19.9 Å². The molecule has 0 aromatic carbocycles. The topological polar surface area (TPSA) is 37.3 Å². The second-order valence-electron chi connectivity index (χ2n) is 2.22. The Hall–Kier alpha value is -1.05. The van der Waals surface area contributed by atoms with Crippen molar-refractivity contribution in [2.45, 2.75) is 20.3 Å². The molecule has 0 aromatic heterocycles. The number of carboxylic acids is 1. The molecule has 10 heavy (non-hydrogen) atoms. The Morgan fingerprint density at radius 2 is 2.20 bits per heavy atom. The molecule has 0 bridgehead atoms. The summed E-state index contributed by atoms with van der Waals surface area (Å²) in [5.74, 6) is -0.916. The molecule has 0 aliphatic carbocycles. The average Bonchev–Trinajstić information content (AvgIpc) is 1.87. The summed E-state index contributed by atoms with van der Waals surface area (Å²) in [7, 11) is 0. The molecule has 0 amide bonds. The van der Waals surface area contributed by atoms with Crippen LogP contribution >= 0.6 is 0 Å². The first kappa shape index (κ1) is 8.95. The maximum absolute atomic E-state index is 10.2. The Bertz CT molecular complexity index is 178. The predicted octanol–water partition coefficient (Wildman–Crippen LogP) is 1.98. The highest BCUT2D eigenvalue weighted by Gasteiger charge is 2.02. The van der Waals surface area contributed by atoms with E-state index in [-0.39, 0.29) is 5.57 Å². The zero-order valence-electron chi connectivity index (χ0n) is 6.35. The Labute approximate surface area is 60.9 Å². The van der Waals surface area contributed by atoms with Crippen LogP contribution in [0.3, 0.4) is 0 Å². The van der Waals surface area contributed by atoms with Gasteiger partial charge in [-0.15, -0.1) is 0 Å². The molecule has 0 spiro atoms. The second-order valence-corrected chi connectivity index (χ2v) is 2.22. The van der Waals surface area contributed by atoms with Crippen molar-refractivity contribution >= 4 is 5.97 Å². The van der Waals surface area contributed by atoms with Crippen molar-refractivity contribution in [3.63, 3.8) is 0 Å². The minimum absolute atomic E-state index is 0.246. The first-order valence-corrected chi connectivity index (χ1v) is 3.10. The van der Waals surface area contributed by atoms with E-state index in [0.29, 0.717) is 6.42 Å². The van der Waals surface area contributed by atoms with Crippen LogP contribution in [0.25, 0.3) is 0 Å². The molecule has 0 saturated heterocycles. The minimum atomic E-state index is -0.916. The van der Waals surface area contributed by atoms with Crippen LogP contribution in [0.2, 0.25) is 0 Å². The monoisotopic (exact) mass is 140 g/mol. The summed E-state index contributed by atoms with van der Waals surface area (Å²) in [6.45, 7) is 7.16. The number of aliphatic carboxylic acids is 1. The Kier molecular flexibility index (Phi) is 3.47. The lowest BCUT2D eigenvalue weighted by Gasteiger charge is -1.97. The van der Waals surface area contributed by atoms with E-state index in [1.165, 1.54) is 0 Å². The maximum Gasteiger partial charge on any atom is 0.331 e. The van der Waals surface area contributed by atoms with E-state index >= 15 is 0 Å². The average molecular weight is 140 g/mol. The van der Waals surface area contributed by atoms with Crippen LogP contribution in [0.1, 0.15) is 20.3 Å². The lowest BCUT2D eigenvalue weighted by molar-refractivity contribution is -0.132. The molecule has 0 aliphatic rings. The van der Waals surface area contributed by atoms with Gasteiger partial charge in [-0.25, -0.2) is 4.79 Å². The van der Waals surface area contributed by atoms with Crippen molar-refractivity contribution in [1.82, 2.24) is 0 Å². The number of allylic oxidation sites excluding steroid dienone is 2. The first-order chi connectivity index (χ1) is 4.57. The normalized spacial score (nSPS) is 11.2.